The van der Waals surface area contributed by atoms with Crippen LogP contribution in [-0.4, -0.2) is 31.1 Å². The average Bonchev–Trinajstić information content (AvgIpc) is 2.56. The Labute approximate surface area is 127 Å². The van der Waals surface area contributed by atoms with Crippen molar-refractivity contribution in [3.63, 3.8) is 0 Å². The van der Waals surface area contributed by atoms with Crippen molar-refractivity contribution in [2.45, 2.75) is 32.1 Å². The van der Waals surface area contributed by atoms with Crippen molar-refractivity contribution < 1.29 is 4.74 Å². The summed E-state index contributed by atoms with van der Waals surface area (Å²) in [7, 11) is 0. The minimum Gasteiger partial charge on any atom is -0.493 e. The SMILES string of the molecule is c1ccc2c(OCCCCN3CCCCC3)cccc2c1. The highest BCUT2D eigenvalue weighted by molar-refractivity contribution is 5.88. The summed E-state index contributed by atoms with van der Waals surface area (Å²) in [6, 6.07) is 14.7. The number of piperidine rings is 1. The maximum atomic E-state index is 5.99. The lowest BCUT2D eigenvalue weighted by molar-refractivity contribution is 0.216. The van der Waals surface area contributed by atoms with E-state index in [-0.39, 0.29) is 0 Å². The number of rotatable bonds is 6. The van der Waals surface area contributed by atoms with E-state index in [1.807, 2.05) is 0 Å². The van der Waals surface area contributed by atoms with Gasteiger partial charge in [-0.2, -0.15) is 0 Å². The van der Waals surface area contributed by atoms with E-state index >= 15 is 0 Å². The van der Waals surface area contributed by atoms with Gasteiger partial charge in [0.25, 0.3) is 0 Å². The van der Waals surface area contributed by atoms with Gasteiger partial charge in [0, 0.05) is 5.39 Å². The van der Waals surface area contributed by atoms with Crippen molar-refractivity contribution in [2.24, 2.45) is 0 Å². The summed E-state index contributed by atoms with van der Waals surface area (Å²) in [5, 5.41) is 2.47. The highest BCUT2D eigenvalue weighted by Gasteiger charge is 2.09. The van der Waals surface area contributed by atoms with E-state index in [2.05, 4.69) is 47.4 Å². The molecule has 0 spiro atoms. The van der Waals surface area contributed by atoms with E-state index in [9.17, 15) is 0 Å². The quantitative estimate of drug-likeness (QED) is 0.724. The van der Waals surface area contributed by atoms with Gasteiger partial charge in [0.05, 0.1) is 6.61 Å². The molecule has 2 heteroatoms. The summed E-state index contributed by atoms with van der Waals surface area (Å²) in [6.07, 6.45) is 6.56. The van der Waals surface area contributed by atoms with E-state index in [1.165, 1.54) is 56.1 Å². The Morgan fingerprint density at radius 1 is 0.857 bits per heavy atom. The van der Waals surface area contributed by atoms with Gasteiger partial charge in [0.1, 0.15) is 5.75 Å². The van der Waals surface area contributed by atoms with Gasteiger partial charge in [-0.25, -0.2) is 0 Å². The summed E-state index contributed by atoms with van der Waals surface area (Å²) < 4.78 is 5.99. The van der Waals surface area contributed by atoms with Crippen LogP contribution >= 0.6 is 0 Å². The fourth-order valence-electron chi connectivity index (χ4n) is 3.12. The molecule has 1 fully saturated rings. The van der Waals surface area contributed by atoms with Gasteiger partial charge in [-0.05, 0) is 56.8 Å². The Balaban J connectivity index is 1.44. The third-order valence-electron chi connectivity index (χ3n) is 4.32. The molecule has 1 saturated heterocycles. The zero-order valence-corrected chi connectivity index (χ0v) is 12.8. The molecule has 2 aromatic rings. The summed E-state index contributed by atoms with van der Waals surface area (Å²) >= 11 is 0. The molecule has 0 atom stereocenters. The molecule has 21 heavy (non-hydrogen) atoms. The van der Waals surface area contributed by atoms with Crippen molar-refractivity contribution in [2.75, 3.05) is 26.2 Å². The normalized spacial score (nSPS) is 16.2. The Kier molecular flexibility index (Phi) is 5.12. The van der Waals surface area contributed by atoms with Gasteiger partial charge in [0.15, 0.2) is 0 Å². The van der Waals surface area contributed by atoms with Crippen molar-refractivity contribution >= 4 is 10.8 Å². The Morgan fingerprint density at radius 3 is 2.57 bits per heavy atom. The lowest BCUT2D eigenvalue weighted by atomic mass is 10.1. The van der Waals surface area contributed by atoms with Crippen LogP contribution < -0.4 is 4.74 Å². The van der Waals surface area contributed by atoms with Crippen LogP contribution in [0.2, 0.25) is 0 Å². The molecular weight excluding hydrogens is 258 g/mol. The van der Waals surface area contributed by atoms with Crippen LogP contribution in [0.1, 0.15) is 32.1 Å². The zero-order valence-electron chi connectivity index (χ0n) is 12.8. The van der Waals surface area contributed by atoms with E-state index in [1.54, 1.807) is 0 Å². The second-order valence-corrected chi connectivity index (χ2v) is 5.94. The maximum absolute atomic E-state index is 5.99. The molecule has 0 amide bonds. The van der Waals surface area contributed by atoms with Gasteiger partial charge in [-0.15, -0.1) is 0 Å². The monoisotopic (exact) mass is 283 g/mol. The highest BCUT2D eigenvalue weighted by Crippen LogP contribution is 2.25. The van der Waals surface area contributed by atoms with E-state index in [0.29, 0.717) is 0 Å². The molecule has 112 valence electrons. The lowest BCUT2D eigenvalue weighted by Gasteiger charge is -2.26. The largest absolute Gasteiger partial charge is 0.493 e. The van der Waals surface area contributed by atoms with Crippen LogP contribution in [-0.2, 0) is 0 Å². The Hall–Kier alpha value is -1.54. The van der Waals surface area contributed by atoms with Gasteiger partial charge in [-0.3, -0.25) is 0 Å². The van der Waals surface area contributed by atoms with E-state index < -0.39 is 0 Å². The third kappa shape index (κ3) is 3.98. The number of ether oxygens (including phenoxy) is 1. The first-order valence-corrected chi connectivity index (χ1v) is 8.26. The van der Waals surface area contributed by atoms with E-state index in [0.717, 1.165) is 18.8 Å². The van der Waals surface area contributed by atoms with Gasteiger partial charge in [-0.1, -0.05) is 42.8 Å². The number of likely N-dealkylation sites (tertiary alicyclic amines) is 1. The van der Waals surface area contributed by atoms with Crippen molar-refractivity contribution in [1.29, 1.82) is 0 Å². The van der Waals surface area contributed by atoms with Crippen LogP contribution in [0.25, 0.3) is 10.8 Å². The second-order valence-electron chi connectivity index (χ2n) is 5.94. The molecule has 0 radical (unpaired) electrons. The molecule has 0 aromatic heterocycles. The number of benzene rings is 2. The topological polar surface area (TPSA) is 12.5 Å². The predicted molar refractivity (Wildman–Crippen MR) is 89.0 cm³/mol. The molecule has 1 aliphatic rings. The smallest absolute Gasteiger partial charge is 0.127 e. The van der Waals surface area contributed by atoms with Crippen molar-refractivity contribution in [3.05, 3.63) is 42.5 Å². The minimum atomic E-state index is 0.821. The number of nitrogens with zero attached hydrogens (tertiary/aromatic N) is 1. The zero-order chi connectivity index (χ0) is 14.3. The summed E-state index contributed by atoms with van der Waals surface area (Å²) in [6.45, 7) is 4.65. The van der Waals surface area contributed by atoms with Gasteiger partial charge in [0.2, 0.25) is 0 Å². The van der Waals surface area contributed by atoms with Crippen LogP contribution in [0.5, 0.6) is 5.75 Å². The third-order valence-corrected chi connectivity index (χ3v) is 4.32. The van der Waals surface area contributed by atoms with Crippen molar-refractivity contribution in [1.82, 2.24) is 4.90 Å². The van der Waals surface area contributed by atoms with Gasteiger partial charge >= 0.3 is 0 Å². The molecular formula is C19H25NO. The maximum Gasteiger partial charge on any atom is 0.127 e. The summed E-state index contributed by atoms with van der Waals surface area (Å²) in [5.74, 6) is 1.02. The fourth-order valence-corrected chi connectivity index (χ4v) is 3.12. The molecule has 2 nitrogen and oxygen atoms in total. The number of hydrogen-bond acceptors (Lipinski definition) is 2. The van der Waals surface area contributed by atoms with Crippen LogP contribution in [0.3, 0.4) is 0 Å². The standard InChI is InChI=1S/C19H25NO/c1-4-13-20(14-5-1)15-6-7-16-21-19-12-8-10-17-9-2-3-11-18(17)19/h2-3,8-12H,1,4-7,13-16H2. The molecule has 0 bridgehead atoms. The van der Waals surface area contributed by atoms with Gasteiger partial charge < -0.3 is 9.64 Å². The first-order chi connectivity index (χ1) is 10.4. The molecule has 1 aliphatic heterocycles. The predicted octanol–water partition coefficient (Wildman–Crippen LogP) is 4.48. The van der Waals surface area contributed by atoms with E-state index in [4.69, 9.17) is 4.74 Å². The number of hydrogen-bond donors (Lipinski definition) is 0. The first kappa shape index (κ1) is 14.4. The lowest BCUT2D eigenvalue weighted by Crippen LogP contribution is -2.30. The molecule has 3 rings (SSSR count). The molecule has 1 heterocycles. The second kappa shape index (κ2) is 7.46. The minimum absolute atomic E-state index is 0.821. The average molecular weight is 283 g/mol. The summed E-state index contributed by atoms with van der Waals surface area (Å²) in [5.41, 5.74) is 0. The highest BCUT2D eigenvalue weighted by atomic mass is 16.5. The number of fused-ring (bicyclic) bond motifs is 1. The first-order valence-electron chi connectivity index (χ1n) is 8.26. The van der Waals surface area contributed by atoms with Crippen LogP contribution in [0.15, 0.2) is 42.5 Å². The molecule has 0 unspecified atom stereocenters. The van der Waals surface area contributed by atoms with Crippen LogP contribution in [0, 0.1) is 0 Å². The Bertz CT molecular complexity index is 555. The van der Waals surface area contributed by atoms with Crippen LogP contribution in [0.4, 0.5) is 0 Å². The molecule has 0 saturated carbocycles. The summed E-state index contributed by atoms with van der Waals surface area (Å²) in [4.78, 5) is 2.60. The van der Waals surface area contributed by atoms with Crippen molar-refractivity contribution in [3.8, 4) is 5.75 Å². The Morgan fingerprint density at radius 2 is 1.67 bits per heavy atom. The number of unbranched alkanes of at least 4 members (excludes halogenated alkanes) is 1. The molecule has 0 N–H and O–H groups in total. The molecule has 2 aromatic carbocycles. The molecule has 0 aliphatic carbocycles. The fraction of sp³-hybridized carbons (Fsp3) is 0.474.